The molecule has 0 atom stereocenters. The van der Waals surface area contributed by atoms with Crippen molar-refractivity contribution in [3.8, 4) is 5.75 Å². The maximum Gasteiger partial charge on any atom is 0.331 e. The van der Waals surface area contributed by atoms with Crippen LogP contribution in [0.3, 0.4) is 0 Å². The molecular weight excluding hydrogens is 444 g/mol. The number of rotatable bonds is 8. The Morgan fingerprint density at radius 1 is 1.06 bits per heavy atom. The molecule has 1 aliphatic heterocycles. The van der Waals surface area contributed by atoms with Gasteiger partial charge in [0.25, 0.3) is 5.56 Å². The van der Waals surface area contributed by atoms with Gasteiger partial charge in [-0.25, -0.2) is 4.79 Å². The molecule has 0 spiro atoms. The number of fused-ring (bicyclic) bond motifs is 1. The van der Waals surface area contributed by atoms with E-state index in [1.165, 1.54) is 20.5 Å². The van der Waals surface area contributed by atoms with Crippen LogP contribution in [0, 0.1) is 6.92 Å². The molecule has 0 saturated carbocycles. The second-order valence-electron chi connectivity index (χ2n) is 8.07. The summed E-state index contributed by atoms with van der Waals surface area (Å²) in [4.78, 5) is 42.5. The number of benzene rings is 1. The number of ether oxygens (including phenoxy) is 1. The predicted molar refractivity (Wildman–Crippen MR) is 126 cm³/mol. The van der Waals surface area contributed by atoms with Gasteiger partial charge in [-0.3, -0.25) is 18.8 Å². The number of carbonyl (C=O) groups excluding carboxylic acids is 1. The molecule has 0 aliphatic carbocycles. The summed E-state index contributed by atoms with van der Waals surface area (Å²) in [5.41, 5.74) is 0.769. The highest BCUT2D eigenvalue weighted by atomic mass is 32.1. The second kappa shape index (κ2) is 9.80. The van der Waals surface area contributed by atoms with Gasteiger partial charge >= 0.3 is 5.69 Å². The van der Waals surface area contributed by atoms with Crippen LogP contribution in [-0.2, 0) is 17.9 Å². The maximum absolute atomic E-state index is 13.1. The van der Waals surface area contributed by atoms with Gasteiger partial charge in [0.1, 0.15) is 5.75 Å². The number of hydrogen-bond acceptors (Lipinski definition) is 8. The van der Waals surface area contributed by atoms with Crippen molar-refractivity contribution < 1.29 is 14.6 Å². The SMILES string of the molecule is COc1ccccc1N1CCN(CCn2c(=O)c3c(C)scc3n(CCC(=O)[O-])c2=O)CC1. The van der Waals surface area contributed by atoms with Gasteiger partial charge in [-0.05, 0) is 19.1 Å². The van der Waals surface area contributed by atoms with Crippen molar-refractivity contribution in [2.45, 2.75) is 26.4 Å². The predicted octanol–water partition coefficient (Wildman–Crippen LogP) is 0.504. The molecule has 0 unspecified atom stereocenters. The lowest BCUT2D eigenvalue weighted by atomic mass is 10.2. The van der Waals surface area contributed by atoms with Crippen LogP contribution in [0.2, 0.25) is 0 Å². The number of carboxylic acids is 1. The van der Waals surface area contributed by atoms with Gasteiger partial charge in [0.2, 0.25) is 0 Å². The minimum absolute atomic E-state index is 0.0221. The van der Waals surface area contributed by atoms with Crippen LogP contribution in [0.4, 0.5) is 5.69 Å². The molecule has 3 heterocycles. The molecule has 1 aromatic carbocycles. The van der Waals surface area contributed by atoms with Crippen LogP contribution in [0.5, 0.6) is 5.75 Å². The van der Waals surface area contributed by atoms with E-state index in [1.54, 1.807) is 12.5 Å². The number of thiophene rings is 1. The zero-order chi connectivity index (χ0) is 23.5. The van der Waals surface area contributed by atoms with E-state index >= 15 is 0 Å². The van der Waals surface area contributed by atoms with E-state index in [2.05, 4.69) is 9.80 Å². The van der Waals surface area contributed by atoms with Gasteiger partial charge < -0.3 is 19.5 Å². The zero-order valence-corrected chi connectivity index (χ0v) is 19.6. The quantitative estimate of drug-likeness (QED) is 0.472. The summed E-state index contributed by atoms with van der Waals surface area (Å²) in [5, 5.41) is 13.2. The first kappa shape index (κ1) is 23.1. The number of nitrogens with zero attached hydrogens (tertiary/aromatic N) is 4. The minimum Gasteiger partial charge on any atom is -0.550 e. The molecule has 0 radical (unpaired) electrons. The molecule has 2 aromatic heterocycles. The Labute approximate surface area is 195 Å². The van der Waals surface area contributed by atoms with Crippen molar-refractivity contribution in [3.63, 3.8) is 0 Å². The molecule has 0 N–H and O–H groups in total. The van der Waals surface area contributed by atoms with Gasteiger partial charge in [-0.2, -0.15) is 0 Å². The number of hydrogen-bond donors (Lipinski definition) is 0. The monoisotopic (exact) mass is 471 g/mol. The standard InChI is InChI=1S/C23H28N4O5S/c1-16-21-18(15-33-16)26(8-7-20(28)29)23(31)27(22(21)30)14-11-24-9-12-25(13-10-24)17-5-3-4-6-19(17)32-2/h3-6,15H,7-14H2,1-2H3,(H,28,29)/p-1. The third-order valence-electron chi connectivity index (χ3n) is 6.14. The number of para-hydroxylation sites is 2. The fourth-order valence-electron chi connectivity index (χ4n) is 4.33. The molecule has 176 valence electrons. The Hall–Kier alpha value is -3.11. The summed E-state index contributed by atoms with van der Waals surface area (Å²) in [6, 6.07) is 7.93. The Balaban J connectivity index is 1.50. The van der Waals surface area contributed by atoms with Crippen molar-refractivity contribution in [3.05, 3.63) is 55.4 Å². The van der Waals surface area contributed by atoms with Gasteiger partial charge in [-0.15, -0.1) is 11.3 Å². The third-order valence-corrected chi connectivity index (χ3v) is 7.04. The molecule has 1 fully saturated rings. The van der Waals surface area contributed by atoms with Crippen LogP contribution in [0.15, 0.2) is 39.2 Å². The fourth-order valence-corrected chi connectivity index (χ4v) is 5.18. The molecule has 3 aromatic rings. The summed E-state index contributed by atoms with van der Waals surface area (Å²) in [7, 11) is 1.67. The number of methoxy groups -OCH3 is 1. The van der Waals surface area contributed by atoms with Gasteiger partial charge in [0.15, 0.2) is 0 Å². The number of aliphatic carboxylic acids is 1. The van der Waals surface area contributed by atoms with E-state index in [0.29, 0.717) is 17.4 Å². The fraction of sp³-hybridized carbons (Fsp3) is 0.435. The van der Waals surface area contributed by atoms with E-state index < -0.39 is 11.7 Å². The highest BCUT2D eigenvalue weighted by Gasteiger charge is 2.21. The van der Waals surface area contributed by atoms with Crippen molar-refractivity contribution >= 4 is 33.9 Å². The number of aromatic nitrogens is 2. The third kappa shape index (κ3) is 4.67. The second-order valence-corrected chi connectivity index (χ2v) is 9.15. The molecule has 1 saturated heterocycles. The highest BCUT2D eigenvalue weighted by molar-refractivity contribution is 7.11. The maximum atomic E-state index is 13.1. The molecule has 9 nitrogen and oxygen atoms in total. The van der Waals surface area contributed by atoms with Crippen molar-refractivity contribution in [1.82, 2.24) is 14.0 Å². The lowest BCUT2D eigenvalue weighted by molar-refractivity contribution is -0.305. The minimum atomic E-state index is -1.23. The lowest BCUT2D eigenvalue weighted by Crippen LogP contribution is -2.49. The average molecular weight is 472 g/mol. The summed E-state index contributed by atoms with van der Waals surface area (Å²) in [5.74, 6) is -0.387. The van der Waals surface area contributed by atoms with E-state index in [9.17, 15) is 19.5 Å². The Kier molecular flexibility index (Phi) is 6.85. The van der Waals surface area contributed by atoms with Crippen LogP contribution in [0.25, 0.3) is 10.9 Å². The van der Waals surface area contributed by atoms with Crippen molar-refractivity contribution in [1.29, 1.82) is 0 Å². The largest absolute Gasteiger partial charge is 0.550 e. The number of carboxylic acid groups (broad SMARTS) is 1. The van der Waals surface area contributed by atoms with Crippen LogP contribution in [0.1, 0.15) is 11.3 Å². The smallest absolute Gasteiger partial charge is 0.331 e. The number of anilines is 1. The van der Waals surface area contributed by atoms with Crippen LogP contribution in [-0.4, -0.2) is 59.8 Å². The first-order valence-corrected chi connectivity index (χ1v) is 11.8. The Bertz CT molecular complexity index is 1270. The average Bonchev–Trinajstić information content (AvgIpc) is 3.20. The molecule has 0 bridgehead atoms. The molecule has 10 heteroatoms. The first-order valence-electron chi connectivity index (χ1n) is 10.9. The van der Waals surface area contributed by atoms with Crippen LogP contribution >= 0.6 is 11.3 Å². The van der Waals surface area contributed by atoms with E-state index in [4.69, 9.17) is 4.74 Å². The molecule has 0 amide bonds. The van der Waals surface area contributed by atoms with Crippen molar-refractivity contribution in [2.75, 3.05) is 44.7 Å². The van der Waals surface area contributed by atoms with E-state index in [1.807, 2.05) is 31.2 Å². The number of aryl methyl sites for hydroxylation is 2. The topological polar surface area (TPSA) is 99.8 Å². The molecule has 1 aliphatic rings. The zero-order valence-electron chi connectivity index (χ0n) is 18.8. The van der Waals surface area contributed by atoms with Gasteiger partial charge in [0, 0.05) is 68.5 Å². The highest BCUT2D eigenvalue weighted by Crippen LogP contribution is 2.28. The lowest BCUT2D eigenvalue weighted by Gasteiger charge is -2.36. The summed E-state index contributed by atoms with van der Waals surface area (Å²) < 4.78 is 8.10. The van der Waals surface area contributed by atoms with E-state index in [-0.39, 0.29) is 25.1 Å². The van der Waals surface area contributed by atoms with Crippen LogP contribution < -0.4 is 26.0 Å². The van der Waals surface area contributed by atoms with Gasteiger partial charge in [-0.1, -0.05) is 12.1 Å². The van der Waals surface area contributed by atoms with Gasteiger partial charge in [0.05, 0.1) is 23.7 Å². The summed E-state index contributed by atoms with van der Waals surface area (Å²) in [6.45, 7) is 5.85. The van der Waals surface area contributed by atoms with E-state index in [0.717, 1.165) is 42.5 Å². The van der Waals surface area contributed by atoms with Crippen molar-refractivity contribution in [2.24, 2.45) is 0 Å². The molecule has 4 rings (SSSR count). The summed E-state index contributed by atoms with van der Waals surface area (Å²) >= 11 is 1.38. The Morgan fingerprint density at radius 3 is 2.48 bits per heavy atom. The molecular formula is C23H27N4O5S-. The number of piperazine rings is 1. The normalized spacial score (nSPS) is 14.7. The molecule has 33 heavy (non-hydrogen) atoms. The summed E-state index contributed by atoms with van der Waals surface area (Å²) in [6.07, 6.45) is -0.285. The number of carbonyl (C=O) groups is 1. The first-order chi connectivity index (χ1) is 15.9. The Morgan fingerprint density at radius 2 is 1.79 bits per heavy atom.